The summed E-state index contributed by atoms with van der Waals surface area (Å²) in [4.78, 5) is 11.7. The molecule has 0 saturated carbocycles. The fraction of sp³-hybridized carbons (Fsp3) is 0.727. The summed E-state index contributed by atoms with van der Waals surface area (Å²) in [7, 11) is 0. The number of hydrogen-bond acceptors (Lipinski definition) is 1. The van der Waals surface area contributed by atoms with E-state index in [1.165, 1.54) is 12.1 Å². The minimum atomic E-state index is 0.0712. The summed E-state index contributed by atoms with van der Waals surface area (Å²) in [5, 5.41) is 0. The molecule has 2 rings (SSSR count). The van der Waals surface area contributed by atoms with Crippen molar-refractivity contribution in [1.82, 2.24) is 9.36 Å². The maximum atomic E-state index is 11.7. The first kappa shape index (κ1) is 9.56. The molecular weight excluding hydrogens is 176 g/mol. The molecule has 0 bridgehead atoms. The number of fused-ring (bicyclic) bond motifs is 1. The first-order chi connectivity index (χ1) is 6.50. The van der Waals surface area contributed by atoms with Gasteiger partial charge in [0.2, 0.25) is 0 Å². The molecular formula is C11H18N2O. The summed E-state index contributed by atoms with van der Waals surface area (Å²) in [5.74, 6) is 0. The highest BCUT2D eigenvalue weighted by molar-refractivity contribution is 5.13. The van der Waals surface area contributed by atoms with Crippen LogP contribution in [0.4, 0.5) is 0 Å². The third-order valence-electron chi connectivity index (χ3n) is 2.84. The molecule has 1 aromatic heterocycles. The maximum Gasteiger partial charge on any atom is 0.266 e. The van der Waals surface area contributed by atoms with Crippen LogP contribution in [0.25, 0.3) is 0 Å². The lowest BCUT2D eigenvalue weighted by Crippen LogP contribution is -2.29. The van der Waals surface area contributed by atoms with E-state index in [1.54, 1.807) is 6.07 Å². The summed E-state index contributed by atoms with van der Waals surface area (Å²) in [6.07, 6.45) is 2.32. The van der Waals surface area contributed by atoms with Crippen molar-refractivity contribution in [1.29, 1.82) is 0 Å². The quantitative estimate of drug-likeness (QED) is 0.618. The fourth-order valence-corrected chi connectivity index (χ4v) is 2.11. The largest absolute Gasteiger partial charge is 0.286 e. The molecule has 0 saturated heterocycles. The molecule has 0 N–H and O–H groups in total. The van der Waals surface area contributed by atoms with E-state index in [2.05, 4.69) is 25.5 Å². The zero-order valence-electron chi connectivity index (χ0n) is 9.21. The van der Waals surface area contributed by atoms with Gasteiger partial charge in [-0.05, 0) is 12.8 Å². The highest BCUT2D eigenvalue weighted by atomic mass is 16.1. The Morgan fingerprint density at radius 2 is 1.71 bits per heavy atom. The monoisotopic (exact) mass is 194 g/mol. The molecule has 14 heavy (non-hydrogen) atoms. The van der Waals surface area contributed by atoms with Gasteiger partial charge < -0.3 is 0 Å². The third kappa shape index (κ3) is 1.41. The van der Waals surface area contributed by atoms with Gasteiger partial charge >= 0.3 is 0 Å². The van der Waals surface area contributed by atoms with Crippen molar-refractivity contribution >= 4 is 0 Å². The van der Waals surface area contributed by atoms with E-state index in [0.29, 0.717) is 0 Å². The van der Waals surface area contributed by atoms with Crippen molar-refractivity contribution in [2.75, 3.05) is 0 Å². The lowest BCUT2D eigenvalue weighted by atomic mass is 9.92. The lowest BCUT2D eigenvalue weighted by Gasteiger charge is -2.25. The van der Waals surface area contributed by atoms with E-state index >= 15 is 0 Å². The average molecular weight is 194 g/mol. The normalized spacial score (nSPS) is 16.8. The summed E-state index contributed by atoms with van der Waals surface area (Å²) < 4.78 is 4.04. The molecule has 0 amide bonds. The molecule has 3 heteroatoms. The Labute approximate surface area is 84.3 Å². The van der Waals surface area contributed by atoms with Gasteiger partial charge in [0.05, 0.1) is 0 Å². The Balaban J connectivity index is 2.58. The van der Waals surface area contributed by atoms with E-state index in [-0.39, 0.29) is 11.0 Å². The van der Waals surface area contributed by atoms with Crippen LogP contribution in [0.1, 0.15) is 39.3 Å². The second kappa shape index (κ2) is 3.01. The van der Waals surface area contributed by atoms with Crippen molar-refractivity contribution < 1.29 is 0 Å². The lowest BCUT2D eigenvalue weighted by molar-refractivity contribution is 0.329. The van der Waals surface area contributed by atoms with Crippen LogP contribution in [-0.2, 0) is 18.5 Å². The van der Waals surface area contributed by atoms with Crippen LogP contribution in [0.2, 0.25) is 0 Å². The number of aromatic nitrogens is 2. The smallest absolute Gasteiger partial charge is 0.266 e. The van der Waals surface area contributed by atoms with Crippen molar-refractivity contribution in [3.8, 4) is 0 Å². The van der Waals surface area contributed by atoms with E-state index in [4.69, 9.17) is 0 Å². The molecule has 1 aliphatic heterocycles. The van der Waals surface area contributed by atoms with Gasteiger partial charge in [0, 0.05) is 30.3 Å². The van der Waals surface area contributed by atoms with Gasteiger partial charge in [0.25, 0.3) is 5.56 Å². The molecule has 0 atom stereocenters. The van der Waals surface area contributed by atoms with Gasteiger partial charge in [-0.2, -0.15) is 0 Å². The summed E-state index contributed by atoms with van der Waals surface area (Å²) in [6, 6.07) is 1.80. The van der Waals surface area contributed by atoms with Crippen molar-refractivity contribution in [2.24, 2.45) is 0 Å². The van der Waals surface area contributed by atoms with E-state index < -0.39 is 0 Å². The molecule has 1 aromatic rings. The molecule has 1 aliphatic rings. The maximum absolute atomic E-state index is 11.7. The van der Waals surface area contributed by atoms with Gasteiger partial charge in [-0.1, -0.05) is 20.8 Å². The molecule has 78 valence electrons. The molecule has 2 heterocycles. The predicted octanol–water partition coefficient (Wildman–Crippen LogP) is 1.74. The van der Waals surface area contributed by atoms with Crippen LogP contribution in [-0.4, -0.2) is 9.36 Å². The zero-order valence-corrected chi connectivity index (χ0v) is 9.21. The van der Waals surface area contributed by atoms with E-state index in [9.17, 15) is 4.79 Å². The van der Waals surface area contributed by atoms with Crippen molar-refractivity contribution in [3.63, 3.8) is 0 Å². The minimum absolute atomic E-state index is 0.0712. The Kier molecular flexibility index (Phi) is 2.05. The molecule has 0 fully saturated rings. The topological polar surface area (TPSA) is 26.9 Å². The second-order valence-electron chi connectivity index (χ2n) is 5.07. The van der Waals surface area contributed by atoms with Crippen LogP contribution in [0.15, 0.2) is 10.9 Å². The first-order valence-corrected chi connectivity index (χ1v) is 5.31. The van der Waals surface area contributed by atoms with Crippen LogP contribution in [0.5, 0.6) is 0 Å². The summed E-state index contributed by atoms with van der Waals surface area (Å²) >= 11 is 0. The van der Waals surface area contributed by atoms with Gasteiger partial charge in [-0.25, -0.2) is 0 Å². The van der Waals surface area contributed by atoms with Crippen LogP contribution >= 0.6 is 0 Å². The third-order valence-corrected chi connectivity index (χ3v) is 2.84. The van der Waals surface area contributed by atoms with Gasteiger partial charge in [-0.15, -0.1) is 0 Å². The van der Waals surface area contributed by atoms with Gasteiger partial charge in [0.15, 0.2) is 0 Å². The molecule has 0 spiro atoms. The SMILES string of the molecule is CC(C)(C)c1cc(=O)n2n1CCCC2. The molecule has 0 radical (unpaired) electrons. The van der Waals surface area contributed by atoms with Gasteiger partial charge in [-0.3, -0.25) is 14.2 Å². The van der Waals surface area contributed by atoms with Crippen LogP contribution < -0.4 is 5.56 Å². The van der Waals surface area contributed by atoms with Crippen LogP contribution in [0, 0.1) is 0 Å². The Morgan fingerprint density at radius 3 is 2.29 bits per heavy atom. The Hall–Kier alpha value is -0.990. The Morgan fingerprint density at radius 1 is 1.14 bits per heavy atom. The van der Waals surface area contributed by atoms with E-state index in [0.717, 1.165) is 19.5 Å². The standard InChI is InChI=1S/C11H18N2O/c1-11(2,3)9-8-10(14)13-7-5-4-6-12(9)13/h8H,4-7H2,1-3H3. The summed E-state index contributed by atoms with van der Waals surface area (Å²) in [6.45, 7) is 8.35. The molecule has 0 unspecified atom stereocenters. The Bertz CT molecular complexity index is 392. The molecule has 0 aliphatic carbocycles. The molecule has 0 aromatic carbocycles. The van der Waals surface area contributed by atoms with E-state index in [1.807, 2.05) is 4.68 Å². The second-order valence-corrected chi connectivity index (χ2v) is 5.07. The zero-order chi connectivity index (χ0) is 10.3. The number of nitrogens with zero attached hydrogens (tertiary/aromatic N) is 2. The van der Waals surface area contributed by atoms with Gasteiger partial charge in [0.1, 0.15) is 0 Å². The van der Waals surface area contributed by atoms with Crippen molar-refractivity contribution in [3.05, 3.63) is 22.1 Å². The predicted molar refractivity (Wildman–Crippen MR) is 56.6 cm³/mol. The number of hydrogen-bond donors (Lipinski definition) is 0. The average Bonchev–Trinajstić information content (AvgIpc) is 2.44. The summed E-state index contributed by atoms with van der Waals surface area (Å²) in [5.41, 5.74) is 1.40. The fourth-order valence-electron chi connectivity index (χ4n) is 2.11. The highest BCUT2D eigenvalue weighted by Crippen LogP contribution is 2.23. The minimum Gasteiger partial charge on any atom is -0.286 e. The highest BCUT2D eigenvalue weighted by Gasteiger charge is 2.23. The van der Waals surface area contributed by atoms with Crippen molar-refractivity contribution in [2.45, 2.75) is 52.1 Å². The molecule has 3 nitrogen and oxygen atoms in total. The first-order valence-electron chi connectivity index (χ1n) is 5.31. The number of rotatable bonds is 0. The van der Waals surface area contributed by atoms with Crippen LogP contribution in [0.3, 0.4) is 0 Å².